The molecule has 0 aliphatic rings. The summed E-state index contributed by atoms with van der Waals surface area (Å²) in [5.74, 6) is 0.883. The van der Waals surface area contributed by atoms with Gasteiger partial charge >= 0.3 is 8.80 Å². The molecule has 7 nitrogen and oxygen atoms in total. The summed E-state index contributed by atoms with van der Waals surface area (Å²) in [5, 5.41) is 11.3. The van der Waals surface area contributed by atoms with Crippen molar-refractivity contribution in [3.8, 4) is 0 Å². The van der Waals surface area contributed by atoms with Crippen molar-refractivity contribution in [3.63, 3.8) is 0 Å². The maximum Gasteiger partial charge on any atom is 0.500 e. The fraction of sp³-hybridized carbons (Fsp3) is 0.545. The van der Waals surface area contributed by atoms with Crippen LogP contribution in [0.4, 0.5) is 5.69 Å². The molecule has 118 valence electrons. The molecular formula is C11H18N2O5S2Si. The van der Waals surface area contributed by atoms with Crippen LogP contribution in [0.25, 0.3) is 0 Å². The second-order valence-electron chi connectivity index (χ2n) is 3.92. The summed E-state index contributed by atoms with van der Waals surface area (Å²) < 4.78 is 16.0. The van der Waals surface area contributed by atoms with E-state index in [0.717, 1.165) is 23.2 Å². The number of nitrogens with zero attached hydrogens (tertiary/aromatic N) is 2. The molecule has 0 amide bonds. The van der Waals surface area contributed by atoms with Gasteiger partial charge in [-0.25, -0.2) is 4.98 Å². The molecule has 10 heteroatoms. The smallest absolute Gasteiger partial charge is 0.377 e. The van der Waals surface area contributed by atoms with Crippen molar-refractivity contribution >= 4 is 36.1 Å². The lowest BCUT2D eigenvalue weighted by atomic mass is 10.4. The van der Waals surface area contributed by atoms with E-state index in [2.05, 4.69) is 4.98 Å². The Balaban J connectivity index is 2.29. The second kappa shape index (κ2) is 9.38. The van der Waals surface area contributed by atoms with Crippen LogP contribution in [-0.2, 0) is 13.3 Å². The van der Waals surface area contributed by atoms with Crippen molar-refractivity contribution in [2.75, 3.05) is 27.1 Å². The second-order valence-corrected chi connectivity index (χ2v) is 9.44. The quantitative estimate of drug-likeness (QED) is 0.209. The zero-order valence-corrected chi connectivity index (χ0v) is 14.7. The number of hydrogen-bond donors (Lipinski definition) is 0. The van der Waals surface area contributed by atoms with E-state index in [1.54, 1.807) is 38.2 Å². The first-order chi connectivity index (χ1) is 10.1. The van der Waals surface area contributed by atoms with Gasteiger partial charge in [0.15, 0.2) is 0 Å². The molecule has 0 unspecified atom stereocenters. The highest BCUT2D eigenvalue weighted by molar-refractivity contribution is 8.76. The van der Waals surface area contributed by atoms with E-state index in [-0.39, 0.29) is 5.69 Å². The van der Waals surface area contributed by atoms with Gasteiger partial charge in [0.2, 0.25) is 0 Å². The van der Waals surface area contributed by atoms with E-state index in [9.17, 15) is 10.1 Å². The van der Waals surface area contributed by atoms with Crippen LogP contribution in [0, 0.1) is 10.1 Å². The molecule has 0 saturated carbocycles. The van der Waals surface area contributed by atoms with Crippen LogP contribution in [0.2, 0.25) is 6.04 Å². The Labute approximate surface area is 132 Å². The summed E-state index contributed by atoms with van der Waals surface area (Å²) in [6, 6.07) is 3.85. The molecule has 0 saturated heterocycles. The number of nitro groups is 1. The lowest BCUT2D eigenvalue weighted by Gasteiger charge is -2.23. The van der Waals surface area contributed by atoms with Gasteiger partial charge in [-0.2, -0.15) is 0 Å². The molecule has 0 N–H and O–H groups in total. The molecule has 0 atom stereocenters. The minimum absolute atomic E-state index is 0.000386. The van der Waals surface area contributed by atoms with Gasteiger partial charge in [-0.05, 0) is 23.3 Å². The number of rotatable bonds is 10. The molecule has 0 aromatic carbocycles. The van der Waals surface area contributed by atoms with Crippen LogP contribution in [0.3, 0.4) is 0 Å². The molecule has 1 heterocycles. The lowest BCUT2D eigenvalue weighted by Crippen LogP contribution is -2.42. The average Bonchev–Trinajstić information content (AvgIpc) is 2.52. The predicted octanol–water partition coefficient (Wildman–Crippen LogP) is 3.00. The molecule has 1 aromatic heterocycles. The van der Waals surface area contributed by atoms with E-state index >= 15 is 0 Å². The lowest BCUT2D eigenvalue weighted by molar-refractivity contribution is -0.385. The van der Waals surface area contributed by atoms with Gasteiger partial charge < -0.3 is 13.3 Å². The Morgan fingerprint density at radius 2 is 1.95 bits per heavy atom. The van der Waals surface area contributed by atoms with Crippen LogP contribution >= 0.6 is 21.6 Å². The molecule has 1 rings (SSSR count). The highest BCUT2D eigenvalue weighted by atomic mass is 33.1. The van der Waals surface area contributed by atoms with Crippen molar-refractivity contribution in [1.29, 1.82) is 0 Å². The first kappa shape index (κ1) is 18.4. The first-order valence-electron chi connectivity index (χ1n) is 6.12. The minimum Gasteiger partial charge on any atom is -0.377 e. The largest absolute Gasteiger partial charge is 0.500 e. The highest BCUT2D eigenvalue weighted by Gasteiger charge is 2.36. The van der Waals surface area contributed by atoms with E-state index in [4.69, 9.17) is 13.3 Å². The Hall–Kier alpha value is -0.653. The third-order valence-electron chi connectivity index (χ3n) is 2.72. The monoisotopic (exact) mass is 350 g/mol. The van der Waals surface area contributed by atoms with Crippen molar-refractivity contribution < 1.29 is 18.2 Å². The van der Waals surface area contributed by atoms with E-state index in [0.29, 0.717) is 0 Å². The van der Waals surface area contributed by atoms with Gasteiger partial charge in [0, 0.05) is 39.2 Å². The number of pyridine rings is 1. The number of hydrogen-bond acceptors (Lipinski definition) is 8. The van der Waals surface area contributed by atoms with E-state index in [1.165, 1.54) is 23.1 Å². The van der Waals surface area contributed by atoms with Crippen LogP contribution in [-0.4, -0.2) is 45.8 Å². The van der Waals surface area contributed by atoms with Crippen molar-refractivity contribution in [3.05, 3.63) is 28.4 Å². The molecule has 0 aliphatic carbocycles. The van der Waals surface area contributed by atoms with Gasteiger partial charge in [-0.15, -0.1) is 0 Å². The van der Waals surface area contributed by atoms with Crippen LogP contribution < -0.4 is 0 Å². The standard InChI is InChI=1S/C11H18N2O5S2Si/c1-16-21(17-2,18-3)8-4-7-19-20-11-6-5-10(9-12-11)13(14)15/h5-6,9H,4,7-8H2,1-3H3. The Morgan fingerprint density at radius 3 is 2.43 bits per heavy atom. The molecule has 0 spiro atoms. The van der Waals surface area contributed by atoms with E-state index in [1.807, 2.05) is 0 Å². The van der Waals surface area contributed by atoms with Gasteiger partial charge in [0.05, 0.1) is 4.92 Å². The molecule has 1 aromatic rings. The maximum atomic E-state index is 10.5. The summed E-state index contributed by atoms with van der Waals surface area (Å²) in [7, 11) is 5.44. The maximum absolute atomic E-state index is 10.5. The van der Waals surface area contributed by atoms with Crippen molar-refractivity contribution in [2.24, 2.45) is 0 Å². The highest BCUT2D eigenvalue weighted by Crippen LogP contribution is 2.31. The Kier molecular flexibility index (Phi) is 8.22. The zero-order chi connectivity index (χ0) is 15.7. The minimum atomic E-state index is -2.48. The molecule has 0 radical (unpaired) electrons. The molecule has 21 heavy (non-hydrogen) atoms. The fourth-order valence-electron chi connectivity index (χ4n) is 1.54. The third kappa shape index (κ3) is 5.92. The van der Waals surface area contributed by atoms with Gasteiger partial charge in [-0.3, -0.25) is 10.1 Å². The predicted molar refractivity (Wildman–Crippen MR) is 85.4 cm³/mol. The first-order valence-corrected chi connectivity index (χ1v) is 10.4. The molecule has 0 aliphatic heterocycles. The van der Waals surface area contributed by atoms with Crippen LogP contribution in [0.1, 0.15) is 6.42 Å². The van der Waals surface area contributed by atoms with Crippen molar-refractivity contribution in [1.82, 2.24) is 4.98 Å². The van der Waals surface area contributed by atoms with Crippen LogP contribution in [0.15, 0.2) is 23.4 Å². The van der Waals surface area contributed by atoms with Gasteiger partial charge in [-0.1, -0.05) is 10.8 Å². The summed E-state index contributed by atoms with van der Waals surface area (Å²) in [6.45, 7) is 0. The van der Waals surface area contributed by atoms with Gasteiger partial charge in [0.25, 0.3) is 5.69 Å². The van der Waals surface area contributed by atoms with Crippen LogP contribution in [0.5, 0.6) is 0 Å². The Bertz CT molecular complexity index is 436. The summed E-state index contributed by atoms with van der Waals surface area (Å²) >= 11 is 0. The summed E-state index contributed by atoms with van der Waals surface area (Å²) in [4.78, 5) is 14.1. The fourth-order valence-corrected chi connectivity index (χ4v) is 5.46. The molecular weight excluding hydrogens is 332 g/mol. The van der Waals surface area contributed by atoms with Gasteiger partial charge in [0.1, 0.15) is 11.2 Å². The average molecular weight is 350 g/mol. The summed E-state index contributed by atoms with van der Waals surface area (Å²) in [6.07, 6.45) is 2.16. The third-order valence-corrected chi connectivity index (χ3v) is 7.90. The van der Waals surface area contributed by atoms with Crippen molar-refractivity contribution in [2.45, 2.75) is 17.5 Å². The normalized spacial score (nSPS) is 11.6. The number of aromatic nitrogens is 1. The summed E-state index contributed by atoms with van der Waals surface area (Å²) in [5.41, 5.74) is 0.000386. The SMILES string of the molecule is CO[Si](CCCSSc1ccc([N+](=O)[O-])cn1)(OC)OC. The molecule has 0 bridgehead atoms. The topological polar surface area (TPSA) is 83.7 Å². The Morgan fingerprint density at radius 1 is 1.29 bits per heavy atom. The molecule has 0 fully saturated rings. The zero-order valence-electron chi connectivity index (χ0n) is 12.1. The van der Waals surface area contributed by atoms with E-state index < -0.39 is 13.7 Å².